The third-order valence-corrected chi connectivity index (χ3v) is 6.83. The summed E-state index contributed by atoms with van der Waals surface area (Å²) in [4.78, 5) is 24.2. The van der Waals surface area contributed by atoms with Gasteiger partial charge in [-0.15, -0.1) is 0 Å². The van der Waals surface area contributed by atoms with Crippen molar-refractivity contribution in [2.45, 2.75) is 31.9 Å². The number of benzene rings is 2. The first-order chi connectivity index (χ1) is 17.9. The molecule has 37 heavy (non-hydrogen) atoms. The number of halogens is 2. The molecule has 202 valence electrons. The van der Waals surface area contributed by atoms with E-state index >= 15 is 0 Å². The SMILES string of the molecule is CN[C@H](CNC(=O)c1cc(Cl)cc(-c2c(Cl)cccc2COCCNC(=O)OC)c1)C[C@H]1CCCOC1. The molecule has 1 saturated heterocycles. The Hall–Kier alpha value is -2.36. The summed E-state index contributed by atoms with van der Waals surface area (Å²) < 4.78 is 15.9. The van der Waals surface area contributed by atoms with Crippen molar-refractivity contribution in [3.8, 4) is 11.1 Å². The van der Waals surface area contributed by atoms with E-state index in [0.717, 1.165) is 49.2 Å². The number of methoxy groups -OCH3 is 1. The van der Waals surface area contributed by atoms with E-state index in [2.05, 4.69) is 20.7 Å². The zero-order valence-electron chi connectivity index (χ0n) is 21.3. The minimum absolute atomic E-state index is 0.148. The summed E-state index contributed by atoms with van der Waals surface area (Å²) in [6.07, 6.45) is 2.66. The molecule has 2 aromatic rings. The van der Waals surface area contributed by atoms with Gasteiger partial charge in [0.1, 0.15) is 0 Å². The van der Waals surface area contributed by atoms with Crippen LogP contribution < -0.4 is 16.0 Å². The van der Waals surface area contributed by atoms with Crippen LogP contribution in [0.5, 0.6) is 0 Å². The molecule has 1 aliphatic rings. The lowest BCUT2D eigenvalue weighted by atomic mass is 9.94. The van der Waals surface area contributed by atoms with Crippen LogP contribution in [0.4, 0.5) is 4.79 Å². The highest BCUT2D eigenvalue weighted by Gasteiger charge is 2.20. The Morgan fingerprint density at radius 2 is 2.03 bits per heavy atom. The van der Waals surface area contributed by atoms with Crippen molar-refractivity contribution in [1.82, 2.24) is 16.0 Å². The standard InChI is InChI=1S/C27H35Cl2N3O5/c1-30-23(11-18-5-4-9-36-16-18)15-32-26(33)21-12-20(13-22(28)14-21)25-19(6-3-7-24(25)29)17-37-10-8-31-27(34)35-2/h3,6-7,12-14,18,23,30H,4-5,8-11,15-17H2,1-2H3,(H,31,34)(H,32,33)/t18-,23+/m1/s1. The van der Waals surface area contributed by atoms with E-state index in [4.69, 9.17) is 32.7 Å². The lowest BCUT2D eigenvalue weighted by Crippen LogP contribution is -2.41. The second-order valence-corrected chi connectivity index (χ2v) is 9.83. The van der Waals surface area contributed by atoms with Crippen molar-refractivity contribution in [2.75, 3.05) is 47.1 Å². The van der Waals surface area contributed by atoms with Crippen molar-refractivity contribution in [2.24, 2.45) is 5.92 Å². The van der Waals surface area contributed by atoms with E-state index in [1.54, 1.807) is 24.3 Å². The first-order valence-corrected chi connectivity index (χ1v) is 13.2. The second kappa shape index (κ2) is 15.1. The van der Waals surface area contributed by atoms with Crippen LogP contribution in [0.2, 0.25) is 10.0 Å². The van der Waals surface area contributed by atoms with Crippen LogP contribution in [0.3, 0.4) is 0 Å². The number of likely N-dealkylation sites (N-methyl/N-ethyl adjacent to an activating group) is 1. The lowest BCUT2D eigenvalue weighted by molar-refractivity contribution is 0.0478. The maximum atomic E-state index is 13.1. The fourth-order valence-electron chi connectivity index (χ4n) is 4.37. The Morgan fingerprint density at radius 3 is 2.76 bits per heavy atom. The fourth-order valence-corrected chi connectivity index (χ4v) is 4.91. The summed E-state index contributed by atoms with van der Waals surface area (Å²) in [7, 11) is 3.21. The van der Waals surface area contributed by atoms with Gasteiger partial charge in [-0.1, -0.05) is 35.3 Å². The molecule has 0 radical (unpaired) electrons. The molecule has 8 nitrogen and oxygen atoms in total. The third kappa shape index (κ3) is 9.16. The van der Waals surface area contributed by atoms with Gasteiger partial charge in [0, 0.05) is 53.5 Å². The van der Waals surface area contributed by atoms with Gasteiger partial charge in [0.2, 0.25) is 0 Å². The van der Waals surface area contributed by atoms with Crippen LogP contribution in [0.25, 0.3) is 11.1 Å². The van der Waals surface area contributed by atoms with Crippen LogP contribution in [-0.2, 0) is 20.8 Å². The van der Waals surface area contributed by atoms with Gasteiger partial charge in [-0.05, 0) is 67.6 Å². The van der Waals surface area contributed by atoms with E-state index < -0.39 is 6.09 Å². The molecule has 2 aromatic carbocycles. The first kappa shape index (κ1) is 29.2. The average Bonchev–Trinajstić information content (AvgIpc) is 2.90. The smallest absolute Gasteiger partial charge is 0.406 e. The van der Waals surface area contributed by atoms with Gasteiger partial charge >= 0.3 is 6.09 Å². The molecule has 0 unspecified atom stereocenters. The molecule has 0 bridgehead atoms. The molecule has 0 aromatic heterocycles. The Morgan fingerprint density at radius 1 is 1.19 bits per heavy atom. The Balaban J connectivity index is 1.67. The summed E-state index contributed by atoms with van der Waals surface area (Å²) in [6.45, 7) is 2.98. The summed E-state index contributed by atoms with van der Waals surface area (Å²) in [5.74, 6) is 0.292. The van der Waals surface area contributed by atoms with E-state index in [-0.39, 0.29) is 18.6 Å². The number of ether oxygens (including phenoxy) is 3. The van der Waals surface area contributed by atoms with Crippen molar-refractivity contribution >= 4 is 35.2 Å². The molecule has 3 N–H and O–H groups in total. The monoisotopic (exact) mass is 551 g/mol. The summed E-state index contributed by atoms with van der Waals surface area (Å²) >= 11 is 13.0. The van der Waals surface area contributed by atoms with Gasteiger partial charge < -0.3 is 30.2 Å². The maximum absolute atomic E-state index is 13.1. The zero-order valence-corrected chi connectivity index (χ0v) is 22.8. The lowest BCUT2D eigenvalue weighted by Gasteiger charge is -2.26. The van der Waals surface area contributed by atoms with Crippen LogP contribution in [0.1, 0.15) is 35.2 Å². The molecule has 0 saturated carbocycles. The van der Waals surface area contributed by atoms with Gasteiger partial charge in [0.05, 0.1) is 20.3 Å². The minimum Gasteiger partial charge on any atom is -0.453 e. The second-order valence-electron chi connectivity index (χ2n) is 8.99. The number of carbonyl (C=O) groups excluding carboxylic acids is 2. The first-order valence-electron chi connectivity index (χ1n) is 12.4. The number of rotatable bonds is 12. The van der Waals surface area contributed by atoms with Crippen LogP contribution in [-0.4, -0.2) is 65.1 Å². The molecule has 0 spiro atoms. The van der Waals surface area contributed by atoms with Crippen molar-refractivity contribution in [3.05, 3.63) is 57.6 Å². The molecule has 1 aliphatic heterocycles. The van der Waals surface area contributed by atoms with Crippen LogP contribution in [0.15, 0.2) is 36.4 Å². The van der Waals surface area contributed by atoms with Crippen molar-refractivity contribution in [3.63, 3.8) is 0 Å². The van der Waals surface area contributed by atoms with Crippen molar-refractivity contribution in [1.29, 1.82) is 0 Å². The number of carbonyl (C=O) groups is 2. The molecule has 1 fully saturated rings. The number of hydrogen-bond acceptors (Lipinski definition) is 6. The number of hydrogen-bond donors (Lipinski definition) is 3. The average molecular weight is 552 g/mol. The van der Waals surface area contributed by atoms with Crippen molar-refractivity contribution < 1.29 is 23.8 Å². The maximum Gasteiger partial charge on any atom is 0.406 e. The third-order valence-electron chi connectivity index (χ3n) is 6.30. The largest absolute Gasteiger partial charge is 0.453 e. The van der Waals surface area contributed by atoms with Gasteiger partial charge in [-0.25, -0.2) is 4.79 Å². The molecule has 2 amide bonds. The normalized spacial score (nSPS) is 16.2. The van der Waals surface area contributed by atoms with E-state index in [9.17, 15) is 9.59 Å². The van der Waals surface area contributed by atoms with E-state index in [1.807, 2.05) is 19.2 Å². The Kier molecular flexibility index (Phi) is 12.0. The van der Waals surface area contributed by atoms with Crippen LogP contribution >= 0.6 is 23.2 Å². The minimum atomic E-state index is -0.513. The number of alkyl carbamates (subject to hydrolysis) is 1. The Labute approximate surface area is 228 Å². The highest BCUT2D eigenvalue weighted by atomic mass is 35.5. The van der Waals surface area contributed by atoms with Gasteiger partial charge in [-0.2, -0.15) is 0 Å². The predicted molar refractivity (Wildman–Crippen MR) is 145 cm³/mol. The van der Waals surface area contributed by atoms with E-state index in [0.29, 0.717) is 41.2 Å². The van der Waals surface area contributed by atoms with Gasteiger partial charge in [-0.3, -0.25) is 4.79 Å². The molecule has 1 heterocycles. The summed E-state index contributed by atoms with van der Waals surface area (Å²) in [5.41, 5.74) is 2.75. The zero-order chi connectivity index (χ0) is 26.6. The molecule has 2 atom stereocenters. The van der Waals surface area contributed by atoms with Crippen LogP contribution in [0, 0.1) is 5.92 Å². The van der Waals surface area contributed by atoms with Gasteiger partial charge in [0.25, 0.3) is 5.91 Å². The quantitative estimate of drug-likeness (QED) is 0.331. The number of nitrogens with one attached hydrogen (secondary N) is 3. The highest BCUT2D eigenvalue weighted by Crippen LogP contribution is 2.34. The topological polar surface area (TPSA) is 97.9 Å². The number of amides is 2. The summed E-state index contributed by atoms with van der Waals surface area (Å²) in [6, 6.07) is 10.9. The molecular formula is C27H35Cl2N3O5. The van der Waals surface area contributed by atoms with E-state index in [1.165, 1.54) is 7.11 Å². The van der Waals surface area contributed by atoms with Gasteiger partial charge in [0.15, 0.2) is 0 Å². The highest BCUT2D eigenvalue weighted by molar-refractivity contribution is 6.34. The fraction of sp³-hybridized carbons (Fsp3) is 0.481. The molecular weight excluding hydrogens is 517 g/mol. The Bertz CT molecular complexity index is 1050. The summed E-state index contributed by atoms with van der Waals surface area (Å²) in [5, 5.41) is 9.85. The molecule has 3 rings (SSSR count). The molecule has 0 aliphatic carbocycles. The molecule has 10 heteroatoms. The predicted octanol–water partition coefficient (Wildman–Crippen LogP) is 4.67.